The Kier molecular flexibility index (Phi) is 5.53. The Morgan fingerprint density at radius 1 is 0.867 bits per heavy atom. The van der Waals surface area contributed by atoms with Crippen molar-refractivity contribution in [3.8, 4) is 22.6 Å². The van der Waals surface area contributed by atoms with Crippen LogP contribution in [0.25, 0.3) is 11.1 Å². The highest BCUT2D eigenvalue weighted by molar-refractivity contribution is 6.03. The molecule has 1 aliphatic heterocycles. The van der Waals surface area contributed by atoms with Gasteiger partial charge < -0.3 is 9.47 Å². The lowest BCUT2D eigenvalue weighted by Crippen LogP contribution is -2.24. The van der Waals surface area contributed by atoms with Crippen molar-refractivity contribution >= 4 is 11.6 Å². The molecular formula is C25H24N2O3. The van der Waals surface area contributed by atoms with Crippen molar-refractivity contribution in [2.24, 2.45) is 5.10 Å². The first-order valence-electron chi connectivity index (χ1n) is 9.85. The second-order valence-corrected chi connectivity index (χ2v) is 7.19. The van der Waals surface area contributed by atoms with Gasteiger partial charge >= 0.3 is 0 Å². The highest BCUT2D eigenvalue weighted by Crippen LogP contribution is 2.37. The Labute approximate surface area is 176 Å². The predicted octanol–water partition coefficient (Wildman–Crippen LogP) is 5.07. The van der Waals surface area contributed by atoms with E-state index >= 15 is 0 Å². The van der Waals surface area contributed by atoms with E-state index in [-0.39, 0.29) is 11.9 Å². The molecule has 0 aliphatic carbocycles. The minimum atomic E-state index is -0.175. The molecule has 1 aliphatic rings. The summed E-state index contributed by atoms with van der Waals surface area (Å²) in [6.07, 6.45) is 0.639. The van der Waals surface area contributed by atoms with E-state index in [1.807, 2.05) is 36.4 Å². The van der Waals surface area contributed by atoms with Gasteiger partial charge in [-0.15, -0.1) is 0 Å². The van der Waals surface area contributed by atoms with Crippen LogP contribution >= 0.6 is 0 Å². The van der Waals surface area contributed by atoms with Gasteiger partial charge in [0.25, 0.3) is 0 Å². The number of ether oxygens (including phenoxy) is 2. The molecule has 30 heavy (non-hydrogen) atoms. The molecule has 0 radical (unpaired) electrons. The second kappa shape index (κ2) is 8.41. The third-order valence-corrected chi connectivity index (χ3v) is 5.35. The molecule has 1 unspecified atom stereocenters. The van der Waals surface area contributed by atoms with E-state index in [0.717, 1.165) is 22.4 Å². The molecule has 0 fully saturated rings. The van der Waals surface area contributed by atoms with Crippen LogP contribution in [0, 0.1) is 0 Å². The third kappa shape index (κ3) is 3.79. The van der Waals surface area contributed by atoms with Crippen molar-refractivity contribution in [3.63, 3.8) is 0 Å². The summed E-state index contributed by atoms with van der Waals surface area (Å²) in [5.41, 5.74) is 5.19. The summed E-state index contributed by atoms with van der Waals surface area (Å²) in [4.78, 5) is 12.3. The summed E-state index contributed by atoms with van der Waals surface area (Å²) in [6, 6.07) is 24.1. The number of hydrazone groups is 1. The van der Waals surface area contributed by atoms with Gasteiger partial charge in [-0.1, -0.05) is 60.7 Å². The number of nitrogens with zero attached hydrogens (tertiary/aromatic N) is 2. The molecule has 0 saturated carbocycles. The van der Waals surface area contributed by atoms with Crippen LogP contribution in [0.5, 0.6) is 11.5 Å². The first-order valence-corrected chi connectivity index (χ1v) is 9.85. The summed E-state index contributed by atoms with van der Waals surface area (Å²) in [5.74, 6) is 1.20. The van der Waals surface area contributed by atoms with Gasteiger partial charge in [-0.25, -0.2) is 5.01 Å². The maximum absolute atomic E-state index is 12.3. The fourth-order valence-corrected chi connectivity index (χ4v) is 3.78. The molecule has 1 atom stereocenters. The van der Waals surface area contributed by atoms with Crippen LogP contribution in [-0.2, 0) is 4.79 Å². The molecule has 0 N–H and O–H groups in total. The van der Waals surface area contributed by atoms with Crippen molar-refractivity contribution in [2.75, 3.05) is 14.2 Å². The van der Waals surface area contributed by atoms with E-state index in [1.165, 1.54) is 5.56 Å². The van der Waals surface area contributed by atoms with Crippen LogP contribution in [0.15, 0.2) is 77.9 Å². The van der Waals surface area contributed by atoms with Gasteiger partial charge in [0.2, 0.25) is 5.91 Å². The van der Waals surface area contributed by atoms with E-state index < -0.39 is 0 Å². The molecule has 0 spiro atoms. The van der Waals surface area contributed by atoms with E-state index in [2.05, 4.69) is 41.5 Å². The van der Waals surface area contributed by atoms with Gasteiger partial charge in [0.1, 0.15) is 0 Å². The molecule has 3 aromatic carbocycles. The van der Waals surface area contributed by atoms with Gasteiger partial charge in [0.05, 0.1) is 26.0 Å². The average Bonchev–Trinajstić information content (AvgIpc) is 3.25. The Hall–Kier alpha value is -3.60. The highest BCUT2D eigenvalue weighted by atomic mass is 16.5. The smallest absolute Gasteiger partial charge is 0.240 e. The lowest BCUT2D eigenvalue weighted by Gasteiger charge is -2.21. The summed E-state index contributed by atoms with van der Waals surface area (Å²) in [6.45, 7) is 1.54. The van der Waals surface area contributed by atoms with Crippen molar-refractivity contribution in [1.29, 1.82) is 0 Å². The highest BCUT2D eigenvalue weighted by Gasteiger charge is 2.32. The monoisotopic (exact) mass is 400 g/mol. The number of carbonyl (C=O) groups excluding carboxylic acids is 1. The van der Waals surface area contributed by atoms with Gasteiger partial charge in [0, 0.05) is 13.3 Å². The molecule has 1 heterocycles. The van der Waals surface area contributed by atoms with Crippen LogP contribution in [0.3, 0.4) is 0 Å². The summed E-state index contributed by atoms with van der Waals surface area (Å²) >= 11 is 0. The maximum Gasteiger partial charge on any atom is 0.240 e. The topological polar surface area (TPSA) is 51.1 Å². The number of methoxy groups -OCH3 is 2. The number of carbonyl (C=O) groups is 1. The van der Waals surface area contributed by atoms with E-state index in [4.69, 9.17) is 9.47 Å². The fraction of sp³-hybridized carbons (Fsp3) is 0.200. The summed E-state index contributed by atoms with van der Waals surface area (Å²) in [7, 11) is 3.21. The molecule has 152 valence electrons. The van der Waals surface area contributed by atoms with Crippen LogP contribution in [0.1, 0.15) is 30.5 Å². The average molecular weight is 400 g/mol. The molecule has 3 aromatic rings. The fourth-order valence-electron chi connectivity index (χ4n) is 3.78. The standard InChI is InChI=1S/C25H24N2O3/c1-17(28)27-23(21-13-14-24(29-2)25(15-21)30-3)16-22(26-27)20-11-9-19(10-12-20)18-7-5-4-6-8-18/h4-15,23H,16H2,1-3H3. The van der Waals surface area contributed by atoms with Gasteiger partial charge in [-0.3, -0.25) is 4.79 Å². The van der Waals surface area contributed by atoms with Crippen LogP contribution in [0.4, 0.5) is 0 Å². The Morgan fingerprint density at radius 2 is 1.50 bits per heavy atom. The van der Waals surface area contributed by atoms with Crippen molar-refractivity contribution < 1.29 is 14.3 Å². The predicted molar refractivity (Wildman–Crippen MR) is 118 cm³/mol. The Bertz CT molecular complexity index is 1080. The van der Waals surface area contributed by atoms with Crippen molar-refractivity contribution in [3.05, 3.63) is 83.9 Å². The molecule has 5 heteroatoms. The zero-order chi connectivity index (χ0) is 21.1. The normalized spacial score (nSPS) is 15.6. The largest absolute Gasteiger partial charge is 0.493 e. The maximum atomic E-state index is 12.3. The SMILES string of the molecule is COc1ccc(C2CC(c3ccc(-c4ccccc4)cc3)=NN2C(C)=O)cc1OC. The number of hydrogen-bond donors (Lipinski definition) is 0. The van der Waals surface area contributed by atoms with Crippen molar-refractivity contribution in [1.82, 2.24) is 5.01 Å². The van der Waals surface area contributed by atoms with Crippen LogP contribution in [0.2, 0.25) is 0 Å². The minimum Gasteiger partial charge on any atom is -0.493 e. The zero-order valence-corrected chi connectivity index (χ0v) is 17.3. The molecule has 0 saturated heterocycles. The number of amides is 1. The molecule has 0 bridgehead atoms. The molecule has 4 rings (SSSR count). The molecular weight excluding hydrogens is 376 g/mol. The van der Waals surface area contributed by atoms with E-state index in [0.29, 0.717) is 17.9 Å². The lowest BCUT2D eigenvalue weighted by atomic mass is 9.96. The summed E-state index contributed by atoms with van der Waals surface area (Å²) in [5, 5.41) is 6.20. The number of rotatable bonds is 5. The van der Waals surface area contributed by atoms with Crippen LogP contribution in [-0.4, -0.2) is 30.8 Å². The van der Waals surface area contributed by atoms with Crippen molar-refractivity contribution in [2.45, 2.75) is 19.4 Å². The first kappa shape index (κ1) is 19.7. The zero-order valence-electron chi connectivity index (χ0n) is 17.3. The summed E-state index contributed by atoms with van der Waals surface area (Å²) < 4.78 is 10.8. The van der Waals surface area contributed by atoms with Gasteiger partial charge in [-0.05, 0) is 34.4 Å². The van der Waals surface area contributed by atoms with Crippen LogP contribution < -0.4 is 9.47 Å². The van der Waals surface area contributed by atoms with Gasteiger partial charge in [-0.2, -0.15) is 5.10 Å². The number of hydrogen-bond acceptors (Lipinski definition) is 4. The van der Waals surface area contributed by atoms with E-state index in [1.54, 1.807) is 26.2 Å². The quantitative estimate of drug-likeness (QED) is 0.601. The molecule has 1 amide bonds. The van der Waals surface area contributed by atoms with Gasteiger partial charge in [0.15, 0.2) is 11.5 Å². The molecule has 0 aromatic heterocycles. The number of benzene rings is 3. The third-order valence-electron chi connectivity index (χ3n) is 5.35. The Morgan fingerprint density at radius 3 is 2.13 bits per heavy atom. The Balaban J connectivity index is 1.62. The second-order valence-electron chi connectivity index (χ2n) is 7.19. The first-order chi connectivity index (χ1) is 14.6. The minimum absolute atomic E-state index is 0.0920. The lowest BCUT2D eigenvalue weighted by molar-refractivity contribution is -0.130. The van der Waals surface area contributed by atoms with E-state index in [9.17, 15) is 4.79 Å². The molecule has 5 nitrogen and oxygen atoms in total.